The molecule has 21 heavy (non-hydrogen) atoms. The Balaban J connectivity index is 2.33. The highest BCUT2D eigenvalue weighted by Crippen LogP contribution is 2.32. The molecule has 0 aliphatic rings. The molecule has 0 spiro atoms. The van der Waals surface area contributed by atoms with E-state index in [0.717, 1.165) is 41.2 Å². The zero-order valence-corrected chi connectivity index (χ0v) is 12.2. The lowest BCUT2D eigenvalue weighted by Gasteiger charge is -2.05. The van der Waals surface area contributed by atoms with E-state index in [4.69, 9.17) is 9.26 Å². The summed E-state index contributed by atoms with van der Waals surface area (Å²) in [7, 11) is 1.38. The number of methoxy groups -OCH3 is 1. The molecule has 0 N–H and O–H groups in total. The molecule has 1 heterocycles. The molecule has 0 amide bonds. The van der Waals surface area contributed by atoms with E-state index in [2.05, 4.69) is 12.1 Å². The Morgan fingerprint density at radius 3 is 2.90 bits per heavy atom. The fourth-order valence-corrected chi connectivity index (χ4v) is 2.63. The van der Waals surface area contributed by atoms with Gasteiger partial charge >= 0.3 is 5.97 Å². The second-order valence-electron chi connectivity index (χ2n) is 5.07. The van der Waals surface area contributed by atoms with Crippen LogP contribution >= 0.6 is 0 Å². The van der Waals surface area contributed by atoms with Gasteiger partial charge < -0.3 is 9.26 Å². The number of ether oxygens (including phenoxy) is 1. The molecule has 4 heteroatoms. The van der Waals surface area contributed by atoms with Gasteiger partial charge in [0.1, 0.15) is 11.3 Å². The lowest BCUT2D eigenvalue weighted by Crippen LogP contribution is -2.02. The van der Waals surface area contributed by atoms with Gasteiger partial charge in [0.05, 0.1) is 18.1 Å². The molecule has 0 unspecified atom stereocenters. The van der Waals surface area contributed by atoms with E-state index in [1.807, 2.05) is 30.3 Å². The summed E-state index contributed by atoms with van der Waals surface area (Å²) in [6.07, 6.45) is 2.93. The van der Waals surface area contributed by atoms with Crippen molar-refractivity contribution in [2.24, 2.45) is 0 Å². The van der Waals surface area contributed by atoms with Crippen LogP contribution in [0.5, 0.6) is 0 Å². The minimum atomic E-state index is -0.388. The van der Waals surface area contributed by atoms with Crippen LogP contribution in [0.1, 0.15) is 35.9 Å². The van der Waals surface area contributed by atoms with Gasteiger partial charge in [0.2, 0.25) is 0 Å². The van der Waals surface area contributed by atoms with Crippen molar-refractivity contribution in [3.63, 3.8) is 0 Å². The summed E-state index contributed by atoms with van der Waals surface area (Å²) >= 11 is 0. The van der Waals surface area contributed by atoms with E-state index < -0.39 is 0 Å². The van der Waals surface area contributed by atoms with Gasteiger partial charge in [-0.2, -0.15) is 0 Å². The largest absolute Gasteiger partial charge is 0.465 e. The van der Waals surface area contributed by atoms with Crippen LogP contribution in [0.3, 0.4) is 0 Å². The number of aryl methyl sites for hydroxylation is 1. The van der Waals surface area contributed by atoms with E-state index in [9.17, 15) is 4.79 Å². The number of nitrogens with zero attached hydrogens (tertiary/aromatic N) is 1. The van der Waals surface area contributed by atoms with Crippen LogP contribution < -0.4 is 0 Å². The molecule has 2 aromatic carbocycles. The first-order chi connectivity index (χ1) is 10.3. The third kappa shape index (κ3) is 2.27. The maximum Gasteiger partial charge on any atom is 0.340 e. The Kier molecular flexibility index (Phi) is 3.60. The highest BCUT2D eigenvalue weighted by atomic mass is 16.5. The molecule has 3 rings (SSSR count). The number of carbonyl (C=O) groups excluding carboxylic acids is 1. The van der Waals surface area contributed by atoms with Crippen LogP contribution in [-0.4, -0.2) is 18.2 Å². The van der Waals surface area contributed by atoms with E-state index in [0.29, 0.717) is 11.1 Å². The minimum absolute atomic E-state index is 0.388. The molecule has 0 bridgehead atoms. The monoisotopic (exact) mass is 283 g/mol. The highest BCUT2D eigenvalue weighted by Gasteiger charge is 2.20. The van der Waals surface area contributed by atoms with Gasteiger partial charge in [-0.25, -0.2) is 4.79 Å². The summed E-state index contributed by atoms with van der Waals surface area (Å²) in [5.74, 6) is 0.454. The summed E-state index contributed by atoms with van der Waals surface area (Å²) in [5, 5.41) is 7.10. The molecular formula is C17H17NO3. The van der Waals surface area contributed by atoms with Crippen LogP contribution in [0.4, 0.5) is 0 Å². The molecule has 0 saturated heterocycles. The maximum absolute atomic E-state index is 12.0. The number of esters is 1. The standard InChI is InChI=1S/C17H17NO3/c1-3-4-9-14-15-12-8-6-5-7-11(12)10-13(17(19)20-2)16(15)18-21-14/h5-8,10H,3-4,9H2,1-2H3. The second kappa shape index (κ2) is 5.56. The van der Waals surface area contributed by atoms with E-state index >= 15 is 0 Å². The number of hydrogen-bond donors (Lipinski definition) is 0. The molecule has 1 aromatic heterocycles. The highest BCUT2D eigenvalue weighted by molar-refractivity contribution is 6.15. The molecule has 108 valence electrons. The van der Waals surface area contributed by atoms with E-state index in [-0.39, 0.29) is 5.97 Å². The number of carbonyl (C=O) groups is 1. The average Bonchev–Trinajstić information content (AvgIpc) is 2.95. The van der Waals surface area contributed by atoms with Crippen LogP contribution in [0.2, 0.25) is 0 Å². The predicted molar refractivity (Wildman–Crippen MR) is 81.5 cm³/mol. The van der Waals surface area contributed by atoms with Gasteiger partial charge in [-0.15, -0.1) is 0 Å². The number of unbranched alkanes of at least 4 members (excludes halogenated alkanes) is 1. The Morgan fingerprint density at radius 1 is 1.33 bits per heavy atom. The summed E-state index contributed by atoms with van der Waals surface area (Å²) in [6, 6.07) is 9.77. The van der Waals surface area contributed by atoms with Crippen molar-refractivity contribution in [3.8, 4) is 0 Å². The molecule has 0 aliphatic carbocycles. The zero-order valence-electron chi connectivity index (χ0n) is 12.2. The van der Waals surface area contributed by atoms with Crippen molar-refractivity contribution in [2.45, 2.75) is 26.2 Å². The summed E-state index contributed by atoms with van der Waals surface area (Å²) in [5.41, 5.74) is 1.05. The summed E-state index contributed by atoms with van der Waals surface area (Å²) < 4.78 is 10.4. The quantitative estimate of drug-likeness (QED) is 0.676. The van der Waals surface area contributed by atoms with Gasteiger partial charge in [-0.1, -0.05) is 42.8 Å². The third-order valence-electron chi connectivity index (χ3n) is 3.71. The summed E-state index contributed by atoms with van der Waals surface area (Å²) in [4.78, 5) is 12.0. The van der Waals surface area contributed by atoms with Gasteiger partial charge in [-0.05, 0) is 23.3 Å². The zero-order chi connectivity index (χ0) is 14.8. The third-order valence-corrected chi connectivity index (χ3v) is 3.71. The molecule has 0 saturated carbocycles. The molecule has 0 fully saturated rings. The molecule has 4 nitrogen and oxygen atoms in total. The van der Waals surface area contributed by atoms with Crippen LogP contribution in [0, 0.1) is 0 Å². The lowest BCUT2D eigenvalue weighted by atomic mass is 9.99. The van der Waals surface area contributed by atoms with Crippen LogP contribution in [0.25, 0.3) is 21.7 Å². The number of hydrogen-bond acceptors (Lipinski definition) is 4. The predicted octanol–water partition coefficient (Wildman–Crippen LogP) is 4.11. The normalized spacial score (nSPS) is 11.1. The van der Waals surface area contributed by atoms with Gasteiger partial charge in [0.25, 0.3) is 0 Å². The fraction of sp³-hybridized carbons (Fsp3) is 0.294. The first-order valence-corrected chi connectivity index (χ1v) is 7.14. The Morgan fingerprint density at radius 2 is 2.14 bits per heavy atom. The molecule has 0 aliphatic heterocycles. The van der Waals surface area contributed by atoms with Gasteiger partial charge in [0, 0.05) is 6.42 Å². The van der Waals surface area contributed by atoms with Crippen molar-refractivity contribution in [1.82, 2.24) is 5.16 Å². The minimum Gasteiger partial charge on any atom is -0.465 e. The number of benzene rings is 2. The first kappa shape index (κ1) is 13.6. The second-order valence-corrected chi connectivity index (χ2v) is 5.07. The van der Waals surface area contributed by atoms with Crippen molar-refractivity contribution in [1.29, 1.82) is 0 Å². The Hall–Kier alpha value is -2.36. The molecule has 0 radical (unpaired) electrons. The van der Waals surface area contributed by atoms with Gasteiger partial charge in [-0.3, -0.25) is 0 Å². The first-order valence-electron chi connectivity index (χ1n) is 7.14. The van der Waals surface area contributed by atoms with Crippen LogP contribution in [0.15, 0.2) is 34.9 Å². The number of aromatic nitrogens is 1. The smallest absolute Gasteiger partial charge is 0.340 e. The Bertz CT molecular complexity index is 804. The average molecular weight is 283 g/mol. The number of fused-ring (bicyclic) bond motifs is 3. The van der Waals surface area contributed by atoms with Crippen molar-refractivity contribution >= 4 is 27.6 Å². The van der Waals surface area contributed by atoms with E-state index in [1.54, 1.807) is 0 Å². The lowest BCUT2D eigenvalue weighted by molar-refractivity contribution is 0.0602. The molecular weight excluding hydrogens is 266 g/mol. The SMILES string of the molecule is CCCCc1onc2c(C(=O)OC)cc3ccccc3c12. The van der Waals surface area contributed by atoms with E-state index in [1.165, 1.54) is 7.11 Å². The maximum atomic E-state index is 12.0. The van der Waals surface area contributed by atoms with Crippen molar-refractivity contribution < 1.29 is 14.1 Å². The number of rotatable bonds is 4. The topological polar surface area (TPSA) is 52.3 Å². The van der Waals surface area contributed by atoms with Crippen molar-refractivity contribution in [3.05, 3.63) is 41.7 Å². The summed E-state index contributed by atoms with van der Waals surface area (Å²) in [6.45, 7) is 2.14. The van der Waals surface area contributed by atoms with Gasteiger partial charge in [0.15, 0.2) is 0 Å². The van der Waals surface area contributed by atoms with Crippen LogP contribution in [-0.2, 0) is 11.2 Å². The molecule has 3 aromatic rings. The Labute approximate surface area is 122 Å². The van der Waals surface area contributed by atoms with Crippen molar-refractivity contribution in [2.75, 3.05) is 7.11 Å². The molecule has 0 atom stereocenters. The fourth-order valence-electron chi connectivity index (χ4n) is 2.63.